The fourth-order valence-corrected chi connectivity index (χ4v) is 1.80. The maximum absolute atomic E-state index is 10.9. The smallest absolute Gasteiger partial charge is 0.339 e. The number of carbonyl (C=O) groups is 1. The first-order valence-electron chi connectivity index (χ1n) is 5.23. The van der Waals surface area contributed by atoms with Gasteiger partial charge in [-0.2, -0.15) is 0 Å². The molecule has 0 saturated heterocycles. The molecule has 16 heavy (non-hydrogen) atoms. The van der Waals surface area contributed by atoms with E-state index in [9.17, 15) is 9.90 Å². The Kier molecular flexibility index (Phi) is 4.19. The molecule has 0 amide bonds. The van der Waals surface area contributed by atoms with Crippen LogP contribution in [0.2, 0.25) is 5.02 Å². The van der Waals surface area contributed by atoms with Gasteiger partial charge in [0.25, 0.3) is 0 Å². The molecule has 0 aromatic heterocycles. The van der Waals surface area contributed by atoms with E-state index in [0.717, 1.165) is 24.8 Å². The molecule has 1 aromatic rings. The standard InChI is InChI=1S/C12H15ClO3/c1-3-4-5-8-6-9(12(15)16)11(14)7(2)10(8)13/h6,14H,3-5H2,1-2H3,(H,15,16). The second kappa shape index (κ2) is 5.21. The fraction of sp³-hybridized carbons (Fsp3) is 0.417. The monoisotopic (exact) mass is 242 g/mol. The van der Waals surface area contributed by atoms with Crippen molar-refractivity contribution in [2.24, 2.45) is 0 Å². The largest absolute Gasteiger partial charge is 0.507 e. The summed E-state index contributed by atoms with van der Waals surface area (Å²) in [6, 6.07) is 1.46. The molecule has 0 radical (unpaired) electrons. The minimum atomic E-state index is -1.13. The Morgan fingerprint density at radius 2 is 2.12 bits per heavy atom. The minimum absolute atomic E-state index is 0.0759. The van der Waals surface area contributed by atoms with Gasteiger partial charge in [-0.25, -0.2) is 4.79 Å². The molecule has 1 rings (SSSR count). The summed E-state index contributed by atoms with van der Waals surface area (Å²) in [6.45, 7) is 3.68. The van der Waals surface area contributed by atoms with Crippen LogP contribution in [-0.2, 0) is 6.42 Å². The highest BCUT2D eigenvalue weighted by atomic mass is 35.5. The minimum Gasteiger partial charge on any atom is -0.507 e. The van der Waals surface area contributed by atoms with Gasteiger partial charge in [-0.1, -0.05) is 24.9 Å². The van der Waals surface area contributed by atoms with Crippen LogP contribution < -0.4 is 0 Å². The average molecular weight is 243 g/mol. The van der Waals surface area contributed by atoms with Crippen molar-refractivity contribution < 1.29 is 15.0 Å². The lowest BCUT2D eigenvalue weighted by atomic mass is 10.0. The van der Waals surface area contributed by atoms with Gasteiger partial charge in [-0.3, -0.25) is 0 Å². The van der Waals surface area contributed by atoms with Crippen molar-refractivity contribution >= 4 is 17.6 Å². The Bertz CT molecular complexity index is 413. The van der Waals surface area contributed by atoms with Crippen LogP contribution in [0.4, 0.5) is 0 Å². The predicted octanol–water partition coefficient (Wildman–Crippen LogP) is 3.39. The molecule has 0 spiro atoms. The molecule has 88 valence electrons. The molecular formula is C12H15ClO3. The number of phenols is 1. The van der Waals surface area contributed by atoms with Crippen molar-refractivity contribution in [1.29, 1.82) is 0 Å². The molecule has 0 aliphatic rings. The summed E-state index contributed by atoms with van der Waals surface area (Å²) < 4.78 is 0. The molecule has 1 aromatic carbocycles. The van der Waals surface area contributed by atoms with Crippen LogP contribution in [0, 0.1) is 6.92 Å². The van der Waals surface area contributed by atoms with Crippen molar-refractivity contribution in [2.45, 2.75) is 33.1 Å². The normalized spacial score (nSPS) is 10.4. The first kappa shape index (κ1) is 12.8. The molecule has 0 aliphatic heterocycles. The number of aromatic carboxylic acids is 1. The maximum atomic E-state index is 10.9. The van der Waals surface area contributed by atoms with Crippen molar-refractivity contribution in [3.8, 4) is 5.75 Å². The van der Waals surface area contributed by atoms with E-state index < -0.39 is 5.97 Å². The van der Waals surface area contributed by atoms with E-state index in [2.05, 4.69) is 6.92 Å². The summed E-state index contributed by atoms with van der Waals surface area (Å²) in [5, 5.41) is 19.0. The van der Waals surface area contributed by atoms with E-state index in [1.165, 1.54) is 6.07 Å². The van der Waals surface area contributed by atoms with Gasteiger partial charge in [-0.15, -0.1) is 0 Å². The molecule has 0 saturated carbocycles. The number of rotatable bonds is 4. The lowest BCUT2D eigenvalue weighted by molar-refractivity contribution is 0.0693. The van der Waals surface area contributed by atoms with Crippen LogP contribution in [0.1, 0.15) is 41.3 Å². The molecular weight excluding hydrogens is 228 g/mol. The number of hydrogen-bond acceptors (Lipinski definition) is 2. The molecule has 0 fully saturated rings. The topological polar surface area (TPSA) is 57.5 Å². The highest BCUT2D eigenvalue weighted by Gasteiger charge is 2.17. The third-order valence-corrected chi connectivity index (χ3v) is 3.10. The first-order chi connectivity index (χ1) is 7.49. The Balaban J connectivity index is 3.24. The van der Waals surface area contributed by atoms with E-state index >= 15 is 0 Å². The van der Waals surface area contributed by atoms with Gasteiger partial charge in [0, 0.05) is 5.56 Å². The molecule has 0 bridgehead atoms. The van der Waals surface area contributed by atoms with Crippen LogP contribution >= 0.6 is 11.6 Å². The molecule has 4 heteroatoms. The molecule has 0 heterocycles. The Hall–Kier alpha value is -1.22. The number of aryl methyl sites for hydroxylation is 1. The highest BCUT2D eigenvalue weighted by Crippen LogP contribution is 2.32. The number of halogens is 1. The zero-order chi connectivity index (χ0) is 12.3. The number of aromatic hydroxyl groups is 1. The summed E-state index contributed by atoms with van der Waals surface area (Å²) in [5.41, 5.74) is 1.15. The fourth-order valence-electron chi connectivity index (χ4n) is 1.56. The van der Waals surface area contributed by atoms with Gasteiger partial charge in [0.1, 0.15) is 11.3 Å². The summed E-state index contributed by atoms with van der Waals surface area (Å²) in [5.74, 6) is -1.37. The average Bonchev–Trinajstić information content (AvgIpc) is 2.24. The summed E-state index contributed by atoms with van der Waals surface area (Å²) in [6.07, 6.45) is 2.69. The van der Waals surface area contributed by atoms with E-state index in [1.807, 2.05) is 0 Å². The van der Waals surface area contributed by atoms with Crippen LogP contribution in [-0.4, -0.2) is 16.2 Å². The maximum Gasteiger partial charge on any atom is 0.339 e. The molecule has 0 unspecified atom stereocenters. The molecule has 3 nitrogen and oxygen atoms in total. The van der Waals surface area contributed by atoms with Crippen LogP contribution in [0.5, 0.6) is 5.75 Å². The zero-order valence-electron chi connectivity index (χ0n) is 9.38. The van der Waals surface area contributed by atoms with Gasteiger partial charge in [0.05, 0.1) is 5.02 Å². The van der Waals surface area contributed by atoms with Crippen LogP contribution in [0.25, 0.3) is 0 Å². The van der Waals surface area contributed by atoms with Crippen LogP contribution in [0.15, 0.2) is 6.07 Å². The van der Waals surface area contributed by atoms with E-state index in [-0.39, 0.29) is 11.3 Å². The van der Waals surface area contributed by atoms with Gasteiger partial charge < -0.3 is 10.2 Å². The Morgan fingerprint density at radius 3 is 2.62 bits per heavy atom. The summed E-state index contributed by atoms with van der Waals surface area (Å²) >= 11 is 6.06. The lowest BCUT2D eigenvalue weighted by Crippen LogP contribution is -2.01. The van der Waals surface area contributed by atoms with Crippen LogP contribution in [0.3, 0.4) is 0 Å². The van der Waals surface area contributed by atoms with Gasteiger partial charge in [0.15, 0.2) is 0 Å². The van der Waals surface area contributed by atoms with Crippen molar-refractivity contribution in [1.82, 2.24) is 0 Å². The number of carboxylic acid groups (broad SMARTS) is 1. The molecule has 0 atom stereocenters. The highest BCUT2D eigenvalue weighted by molar-refractivity contribution is 6.32. The van der Waals surface area contributed by atoms with Crippen molar-refractivity contribution in [2.75, 3.05) is 0 Å². The number of unbranched alkanes of at least 4 members (excludes halogenated alkanes) is 1. The molecule has 2 N–H and O–H groups in total. The van der Waals surface area contributed by atoms with Gasteiger partial charge >= 0.3 is 5.97 Å². The summed E-state index contributed by atoms with van der Waals surface area (Å²) in [7, 11) is 0. The van der Waals surface area contributed by atoms with E-state index in [1.54, 1.807) is 6.92 Å². The van der Waals surface area contributed by atoms with E-state index in [4.69, 9.17) is 16.7 Å². The first-order valence-corrected chi connectivity index (χ1v) is 5.61. The van der Waals surface area contributed by atoms with Crippen molar-refractivity contribution in [3.63, 3.8) is 0 Å². The zero-order valence-corrected chi connectivity index (χ0v) is 10.1. The second-order valence-electron chi connectivity index (χ2n) is 3.78. The Morgan fingerprint density at radius 1 is 1.50 bits per heavy atom. The number of carboxylic acids is 1. The summed E-state index contributed by atoms with van der Waals surface area (Å²) in [4.78, 5) is 10.9. The second-order valence-corrected chi connectivity index (χ2v) is 4.16. The predicted molar refractivity (Wildman–Crippen MR) is 63.4 cm³/mol. The van der Waals surface area contributed by atoms with Crippen molar-refractivity contribution in [3.05, 3.63) is 27.8 Å². The lowest BCUT2D eigenvalue weighted by Gasteiger charge is -2.11. The SMILES string of the molecule is CCCCc1cc(C(=O)O)c(O)c(C)c1Cl. The van der Waals surface area contributed by atoms with Gasteiger partial charge in [-0.05, 0) is 31.4 Å². The molecule has 0 aliphatic carbocycles. The third-order valence-electron chi connectivity index (χ3n) is 2.57. The van der Waals surface area contributed by atoms with Gasteiger partial charge in [0.2, 0.25) is 0 Å². The Labute approximate surface area is 99.7 Å². The number of benzene rings is 1. The quantitative estimate of drug-likeness (QED) is 0.851. The van der Waals surface area contributed by atoms with E-state index in [0.29, 0.717) is 10.6 Å². The number of hydrogen-bond donors (Lipinski definition) is 2. The third kappa shape index (κ3) is 2.47.